The van der Waals surface area contributed by atoms with E-state index in [0.29, 0.717) is 12.5 Å². The van der Waals surface area contributed by atoms with Gasteiger partial charge >= 0.3 is 0 Å². The molecule has 1 heterocycles. The van der Waals surface area contributed by atoms with E-state index < -0.39 is 0 Å². The molecular weight excluding hydrogens is 550 g/mol. The molecule has 1 aromatic heterocycles. The Kier molecular flexibility index (Phi) is 9.32. The van der Waals surface area contributed by atoms with Gasteiger partial charge in [0.25, 0.3) is 0 Å². The van der Waals surface area contributed by atoms with Crippen molar-refractivity contribution in [3.8, 4) is 5.75 Å². The first-order chi connectivity index (χ1) is 19.0. The number of benzene rings is 3. The van der Waals surface area contributed by atoms with Crippen LogP contribution in [0, 0.1) is 11.8 Å². The summed E-state index contributed by atoms with van der Waals surface area (Å²) in [6.07, 6.45) is 5.03. The fourth-order valence-corrected chi connectivity index (χ4v) is 5.49. The Morgan fingerprint density at radius 2 is 1.49 bits per heavy atom. The number of fused-ring (bicyclic) bond motifs is 1. The number of nitrogens with zero attached hydrogens (tertiary/aromatic N) is 3. The second-order valence-corrected chi connectivity index (χ2v) is 11.7. The molecule has 0 atom stereocenters. The van der Waals surface area contributed by atoms with Gasteiger partial charge in [-0.2, -0.15) is 4.98 Å². The van der Waals surface area contributed by atoms with Crippen LogP contribution in [0.1, 0.15) is 36.8 Å². The second kappa shape index (κ2) is 13.3. The average Bonchev–Trinajstić information content (AvgIpc) is 2.96. The molecule has 1 fully saturated rings. The number of aromatic nitrogens is 2. The lowest BCUT2D eigenvalue weighted by molar-refractivity contribution is 0.275. The van der Waals surface area contributed by atoms with E-state index in [1.165, 1.54) is 31.2 Å². The minimum absolute atomic E-state index is 0.579. The highest BCUT2D eigenvalue weighted by Gasteiger charge is 2.21. The van der Waals surface area contributed by atoms with Crippen molar-refractivity contribution >= 4 is 38.6 Å². The molecule has 0 saturated heterocycles. The third kappa shape index (κ3) is 7.70. The summed E-state index contributed by atoms with van der Waals surface area (Å²) in [5, 5.41) is 8.29. The molecule has 0 bridgehead atoms. The quantitative estimate of drug-likeness (QED) is 0.196. The molecule has 0 radical (unpaired) electrons. The highest BCUT2D eigenvalue weighted by atomic mass is 79.9. The predicted octanol–water partition coefficient (Wildman–Crippen LogP) is 7.05. The number of ether oxygens (including phenoxy) is 1. The second-order valence-electron chi connectivity index (χ2n) is 10.7. The van der Waals surface area contributed by atoms with Crippen LogP contribution in [0.3, 0.4) is 0 Å². The van der Waals surface area contributed by atoms with Gasteiger partial charge in [0, 0.05) is 37.0 Å². The van der Waals surface area contributed by atoms with E-state index in [4.69, 9.17) is 14.7 Å². The molecule has 1 saturated carbocycles. The summed E-state index contributed by atoms with van der Waals surface area (Å²) in [5.74, 6) is 4.00. The van der Waals surface area contributed by atoms with Crippen molar-refractivity contribution in [2.24, 2.45) is 11.8 Å². The SMILES string of the molecule is CN(C)c1nc(NCC2CCC(CNCc3ccc(OCc4ccc(Br)cc4)cc3)CC2)nc2ccccc12. The lowest BCUT2D eigenvalue weighted by Crippen LogP contribution is -2.28. The molecule has 6 nitrogen and oxygen atoms in total. The molecule has 0 spiro atoms. The summed E-state index contributed by atoms with van der Waals surface area (Å²) in [5.41, 5.74) is 3.43. The normalized spacial score (nSPS) is 17.2. The summed E-state index contributed by atoms with van der Waals surface area (Å²) in [6.45, 7) is 3.47. The Labute approximate surface area is 240 Å². The number of para-hydroxylation sites is 1. The topological polar surface area (TPSA) is 62.3 Å². The fraction of sp³-hybridized carbons (Fsp3) is 0.375. The molecule has 0 aliphatic heterocycles. The summed E-state index contributed by atoms with van der Waals surface area (Å²) in [4.78, 5) is 11.6. The number of halogens is 1. The van der Waals surface area contributed by atoms with Crippen LogP contribution in [0.2, 0.25) is 0 Å². The summed E-state index contributed by atoms with van der Waals surface area (Å²) in [6, 6.07) is 24.9. The number of hydrogen-bond donors (Lipinski definition) is 2. The maximum absolute atomic E-state index is 5.93. The van der Waals surface area contributed by atoms with Crippen molar-refractivity contribution in [2.75, 3.05) is 37.4 Å². The van der Waals surface area contributed by atoms with Gasteiger partial charge in [0.15, 0.2) is 0 Å². The van der Waals surface area contributed by atoms with Gasteiger partial charge in [0.1, 0.15) is 18.2 Å². The molecule has 2 N–H and O–H groups in total. The van der Waals surface area contributed by atoms with E-state index >= 15 is 0 Å². The van der Waals surface area contributed by atoms with E-state index in [0.717, 1.165) is 64.0 Å². The van der Waals surface area contributed by atoms with Gasteiger partial charge in [-0.1, -0.05) is 52.3 Å². The van der Waals surface area contributed by atoms with Crippen LogP contribution < -0.4 is 20.3 Å². The van der Waals surface area contributed by atoms with Crippen LogP contribution >= 0.6 is 15.9 Å². The van der Waals surface area contributed by atoms with Gasteiger partial charge in [-0.15, -0.1) is 0 Å². The van der Waals surface area contributed by atoms with Gasteiger partial charge in [0.05, 0.1) is 5.52 Å². The molecule has 0 amide bonds. The first kappa shape index (κ1) is 27.4. The smallest absolute Gasteiger partial charge is 0.225 e. The standard InChI is InChI=1S/C32H38BrN5O/c1-38(2)31-29-5-3-4-6-30(29)36-32(37-31)35-21-25-9-7-23(8-10-25)19-34-20-24-13-17-28(18-14-24)39-22-26-11-15-27(33)16-12-26/h3-6,11-18,23,25,34H,7-10,19-22H2,1-2H3,(H,35,36,37). The first-order valence-electron chi connectivity index (χ1n) is 13.9. The predicted molar refractivity (Wildman–Crippen MR) is 164 cm³/mol. The molecule has 5 rings (SSSR count). The molecule has 3 aromatic carbocycles. The van der Waals surface area contributed by atoms with Crippen molar-refractivity contribution < 1.29 is 4.74 Å². The zero-order chi connectivity index (χ0) is 27.0. The van der Waals surface area contributed by atoms with Gasteiger partial charge in [-0.25, -0.2) is 4.98 Å². The molecule has 0 unspecified atom stereocenters. The number of anilines is 2. The van der Waals surface area contributed by atoms with Crippen molar-refractivity contribution in [1.29, 1.82) is 0 Å². The third-order valence-electron chi connectivity index (χ3n) is 7.53. The fourth-order valence-electron chi connectivity index (χ4n) is 5.23. The lowest BCUT2D eigenvalue weighted by atomic mass is 9.82. The number of hydrogen-bond acceptors (Lipinski definition) is 6. The molecule has 1 aliphatic rings. The minimum atomic E-state index is 0.579. The largest absolute Gasteiger partial charge is 0.489 e. The van der Waals surface area contributed by atoms with E-state index in [1.54, 1.807) is 0 Å². The minimum Gasteiger partial charge on any atom is -0.489 e. The van der Waals surface area contributed by atoms with Crippen LogP contribution in [0.5, 0.6) is 5.75 Å². The summed E-state index contributed by atoms with van der Waals surface area (Å²) in [7, 11) is 4.06. The van der Waals surface area contributed by atoms with E-state index in [1.807, 2.05) is 38.4 Å². The van der Waals surface area contributed by atoms with Crippen LogP contribution in [0.25, 0.3) is 10.9 Å². The van der Waals surface area contributed by atoms with Gasteiger partial charge in [0.2, 0.25) is 5.95 Å². The molecule has 7 heteroatoms. The van der Waals surface area contributed by atoms with Gasteiger partial charge in [-0.3, -0.25) is 0 Å². The van der Waals surface area contributed by atoms with Crippen molar-refractivity contribution in [3.05, 3.63) is 88.4 Å². The molecule has 39 heavy (non-hydrogen) atoms. The Hall–Kier alpha value is -3.16. The Bertz CT molecular complexity index is 1340. The maximum Gasteiger partial charge on any atom is 0.225 e. The molecule has 1 aliphatic carbocycles. The zero-order valence-corrected chi connectivity index (χ0v) is 24.5. The Morgan fingerprint density at radius 1 is 0.821 bits per heavy atom. The van der Waals surface area contributed by atoms with Gasteiger partial charge < -0.3 is 20.3 Å². The van der Waals surface area contributed by atoms with E-state index in [9.17, 15) is 0 Å². The lowest BCUT2D eigenvalue weighted by Gasteiger charge is -2.29. The molecule has 204 valence electrons. The van der Waals surface area contributed by atoms with Crippen molar-refractivity contribution in [2.45, 2.75) is 38.8 Å². The van der Waals surface area contributed by atoms with Crippen LogP contribution in [0.4, 0.5) is 11.8 Å². The number of nitrogens with one attached hydrogen (secondary N) is 2. The molecular formula is C32H38BrN5O. The van der Waals surface area contributed by atoms with Crippen molar-refractivity contribution in [3.63, 3.8) is 0 Å². The third-order valence-corrected chi connectivity index (χ3v) is 8.05. The summed E-state index contributed by atoms with van der Waals surface area (Å²) < 4.78 is 7.01. The van der Waals surface area contributed by atoms with Crippen LogP contribution in [-0.4, -0.2) is 37.2 Å². The Morgan fingerprint density at radius 3 is 2.21 bits per heavy atom. The first-order valence-corrected chi connectivity index (χ1v) is 14.7. The highest BCUT2D eigenvalue weighted by molar-refractivity contribution is 9.10. The van der Waals surface area contributed by atoms with E-state index in [2.05, 4.69) is 80.0 Å². The monoisotopic (exact) mass is 587 g/mol. The maximum atomic E-state index is 5.93. The van der Waals surface area contributed by atoms with E-state index in [-0.39, 0.29) is 0 Å². The molecule has 4 aromatic rings. The number of rotatable bonds is 11. The average molecular weight is 589 g/mol. The Balaban J connectivity index is 1.01. The van der Waals surface area contributed by atoms with Crippen molar-refractivity contribution in [1.82, 2.24) is 15.3 Å². The van der Waals surface area contributed by atoms with Crippen LogP contribution in [-0.2, 0) is 13.2 Å². The highest BCUT2D eigenvalue weighted by Crippen LogP contribution is 2.29. The van der Waals surface area contributed by atoms with Crippen LogP contribution in [0.15, 0.2) is 77.3 Å². The summed E-state index contributed by atoms with van der Waals surface area (Å²) >= 11 is 3.47. The van der Waals surface area contributed by atoms with Gasteiger partial charge in [-0.05, 0) is 91.6 Å². The zero-order valence-electron chi connectivity index (χ0n) is 22.9.